The molecule has 1 fully saturated rings. The highest BCUT2D eigenvalue weighted by Crippen LogP contribution is 2.25. The van der Waals surface area contributed by atoms with Crippen LogP contribution in [0.1, 0.15) is 51.9 Å². The molecule has 0 bridgehead atoms. The predicted octanol–water partition coefficient (Wildman–Crippen LogP) is 1.55. The van der Waals surface area contributed by atoms with E-state index in [0.717, 1.165) is 44.8 Å². The third-order valence-electron chi connectivity index (χ3n) is 3.80. The predicted molar refractivity (Wildman–Crippen MR) is 72.7 cm³/mol. The van der Waals surface area contributed by atoms with Gasteiger partial charge in [0.15, 0.2) is 5.82 Å². The van der Waals surface area contributed by atoms with Crippen molar-refractivity contribution in [1.29, 1.82) is 0 Å². The lowest BCUT2D eigenvalue weighted by Gasteiger charge is -2.18. The third-order valence-corrected chi connectivity index (χ3v) is 3.80. The van der Waals surface area contributed by atoms with Crippen molar-refractivity contribution in [3.63, 3.8) is 0 Å². The molecular formula is C13H25N5O. The molecule has 1 N–H and O–H groups in total. The van der Waals surface area contributed by atoms with Gasteiger partial charge in [-0.1, -0.05) is 13.8 Å². The van der Waals surface area contributed by atoms with E-state index in [2.05, 4.69) is 41.6 Å². The Bertz CT molecular complexity index is 381. The minimum Gasteiger partial charge on any atom is -0.378 e. The van der Waals surface area contributed by atoms with Crippen molar-refractivity contribution in [2.45, 2.75) is 58.7 Å². The highest BCUT2D eigenvalue weighted by molar-refractivity contribution is 4.90. The minimum atomic E-state index is 0.192. The van der Waals surface area contributed by atoms with Gasteiger partial charge in [-0.3, -0.25) is 0 Å². The van der Waals surface area contributed by atoms with Crippen molar-refractivity contribution in [2.24, 2.45) is 5.92 Å². The number of aromatic nitrogens is 4. The zero-order valence-electron chi connectivity index (χ0n) is 12.2. The molecule has 0 spiro atoms. The largest absolute Gasteiger partial charge is 0.378 e. The molecule has 1 aromatic heterocycles. The second-order valence-corrected chi connectivity index (χ2v) is 5.26. The standard InChI is InChI=1S/C13H25N5O/c1-4-7-14-10(3)13-15-16-17-18(13)9-11-6-8-19-12(11)5-2/h10-12,14H,4-9H2,1-3H3. The molecule has 6 heteroatoms. The number of tetrazole rings is 1. The first-order valence-electron chi connectivity index (χ1n) is 7.37. The van der Waals surface area contributed by atoms with Crippen LogP contribution in [0, 0.1) is 5.92 Å². The molecule has 1 aliphatic rings. The van der Waals surface area contributed by atoms with Crippen LogP contribution in [0.5, 0.6) is 0 Å². The summed E-state index contributed by atoms with van der Waals surface area (Å²) in [4.78, 5) is 0. The quantitative estimate of drug-likeness (QED) is 0.812. The lowest BCUT2D eigenvalue weighted by molar-refractivity contribution is 0.0820. The topological polar surface area (TPSA) is 64.9 Å². The number of hydrogen-bond acceptors (Lipinski definition) is 5. The molecule has 1 aliphatic heterocycles. The first-order chi connectivity index (χ1) is 9.26. The number of ether oxygens (including phenoxy) is 1. The molecule has 108 valence electrons. The van der Waals surface area contributed by atoms with Gasteiger partial charge in [0.2, 0.25) is 0 Å². The Morgan fingerprint density at radius 2 is 2.32 bits per heavy atom. The third kappa shape index (κ3) is 3.51. The van der Waals surface area contributed by atoms with Crippen LogP contribution in [0.4, 0.5) is 0 Å². The number of nitrogens with one attached hydrogen (secondary N) is 1. The molecule has 0 aromatic carbocycles. The Morgan fingerprint density at radius 1 is 1.47 bits per heavy atom. The fourth-order valence-electron chi connectivity index (χ4n) is 2.68. The SMILES string of the molecule is CCCNC(C)c1nnnn1CC1CCOC1CC. The van der Waals surface area contributed by atoms with E-state index in [-0.39, 0.29) is 6.04 Å². The molecule has 6 nitrogen and oxygen atoms in total. The molecule has 1 saturated heterocycles. The zero-order valence-corrected chi connectivity index (χ0v) is 12.2. The van der Waals surface area contributed by atoms with Gasteiger partial charge in [-0.05, 0) is 43.2 Å². The number of rotatable bonds is 7. The fourth-order valence-corrected chi connectivity index (χ4v) is 2.68. The van der Waals surface area contributed by atoms with Gasteiger partial charge in [0.05, 0.1) is 18.7 Å². The van der Waals surface area contributed by atoms with Crippen molar-refractivity contribution in [3.8, 4) is 0 Å². The highest BCUT2D eigenvalue weighted by Gasteiger charge is 2.28. The Kier molecular flexibility index (Phi) is 5.27. The van der Waals surface area contributed by atoms with Crippen molar-refractivity contribution in [2.75, 3.05) is 13.2 Å². The summed E-state index contributed by atoms with van der Waals surface area (Å²) in [6, 6.07) is 0.192. The van der Waals surface area contributed by atoms with E-state index < -0.39 is 0 Å². The molecule has 0 aliphatic carbocycles. The summed E-state index contributed by atoms with van der Waals surface area (Å²) in [5.74, 6) is 1.46. The second kappa shape index (κ2) is 6.96. The molecule has 3 atom stereocenters. The fraction of sp³-hybridized carbons (Fsp3) is 0.923. The molecular weight excluding hydrogens is 242 g/mol. The van der Waals surface area contributed by atoms with E-state index in [4.69, 9.17) is 4.74 Å². The van der Waals surface area contributed by atoms with E-state index in [1.807, 2.05) is 4.68 Å². The molecule has 19 heavy (non-hydrogen) atoms. The maximum atomic E-state index is 5.73. The van der Waals surface area contributed by atoms with Crippen molar-refractivity contribution >= 4 is 0 Å². The molecule has 2 heterocycles. The molecule has 0 radical (unpaired) electrons. The van der Waals surface area contributed by atoms with E-state index >= 15 is 0 Å². The van der Waals surface area contributed by atoms with Gasteiger partial charge in [-0.25, -0.2) is 4.68 Å². The summed E-state index contributed by atoms with van der Waals surface area (Å²) >= 11 is 0. The highest BCUT2D eigenvalue weighted by atomic mass is 16.5. The first kappa shape index (κ1) is 14.4. The molecule has 2 rings (SSSR count). The van der Waals surface area contributed by atoms with E-state index in [1.54, 1.807) is 0 Å². The smallest absolute Gasteiger partial charge is 0.167 e. The van der Waals surface area contributed by atoms with Crippen LogP contribution in [-0.4, -0.2) is 39.5 Å². The first-order valence-corrected chi connectivity index (χ1v) is 7.37. The zero-order chi connectivity index (χ0) is 13.7. The Labute approximate surface area is 114 Å². The summed E-state index contributed by atoms with van der Waals surface area (Å²) in [5, 5.41) is 15.6. The average Bonchev–Trinajstić information content (AvgIpc) is 3.05. The van der Waals surface area contributed by atoms with E-state index in [9.17, 15) is 0 Å². The monoisotopic (exact) mass is 267 g/mol. The molecule has 0 saturated carbocycles. The number of hydrogen-bond donors (Lipinski definition) is 1. The van der Waals surface area contributed by atoms with Gasteiger partial charge in [0, 0.05) is 12.5 Å². The Morgan fingerprint density at radius 3 is 3.05 bits per heavy atom. The molecule has 1 aromatic rings. The van der Waals surface area contributed by atoms with Crippen LogP contribution in [0.3, 0.4) is 0 Å². The van der Waals surface area contributed by atoms with Gasteiger partial charge in [0.1, 0.15) is 0 Å². The van der Waals surface area contributed by atoms with Crippen LogP contribution < -0.4 is 5.32 Å². The Hall–Kier alpha value is -1.01. The normalized spacial score (nSPS) is 24.8. The van der Waals surface area contributed by atoms with Gasteiger partial charge in [-0.15, -0.1) is 5.10 Å². The summed E-state index contributed by atoms with van der Waals surface area (Å²) in [5.41, 5.74) is 0. The van der Waals surface area contributed by atoms with Crippen LogP contribution in [0.2, 0.25) is 0 Å². The van der Waals surface area contributed by atoms with Gasteiger partial charge in [-0.2, -0.15) is 0 Å². The maximum Gasteiger partial charge on any atom is 0.167 e. The van der Waals surface area contributed by atoms with E-state index in [1.165, 1.54) is 0 Å². The summed E-state index contributed by atoms with van der Waals surface area (Å²) < 4.78 is 7.67. The number of nitrogens with zero attached hydrogens (tertiary/aromatic N) is 4. The summed E-state index contributed by atoms with van der Waals surface area (Å²) in [6.45, 7) is 9.15. The van der Waals surface area contributed by atoms with Crippen LogP contribution in [-0.2, 0) is 11.3 Å². The van der Waals surface area contributed by atoms with Crippen molar-refractivity contribution in [1.82, 2.24) is 25.5 Å². The van der Waals surface area contributed by atoms with Crippen molar-refractivity contribution in [3.05, 3.63) is 5.82 Å². The van der Waals surface area contributed by atoms with Crippen molar-refractivity contribution < 1.29 is 4.74 Å². The maximum absolute atomic E-state index is 5.73. The van der Waals surface area contributed by atoms with Crippen LogP contribution in [0.25, 0.3) is 0 Å². The second-order valence-electron chi connectivity index (χ2n) is 5.26. The van der Waals surface area contributed by atoms with E-state index in [0.29, 0.717) is 12.0 Å². The lowest BCUT2D eigenvalue weighted by atomic mass is 10.00. The summed E-state index contributed by atoms with van der Waals surface area (Å²) in [7, 11) is 0. The lowest BCUT2D eigenvalue weighted by Crippen LogP contribution is -2.26. The average molecular weight is 267 g/mol. The van der Waals surface area contributed by atoms with Gasteiger partial charge < -0.3 is 10.1 Å². The minimum absolute atomic E-state index is 0.192. The van der Waals surface area contributed by atoms with Crippen LogP contribution >= 0.6 is 0 Å². The van der Waals surface area contributed by atoms with Crippen LogP contribution in [0.15, 0.2) is 0 Å². The molecule has 3 unspecified atom stereocenters. The van der Waals surface area contributed by atoms with Gasteiger partial charge in [0.25, 0.3) is 0 Å². The summed E-state index contributed by atoms with van der Waals surface area (Å²) in [6.07, 6.45) is 3.64. The Balaban J connectivity index is 1.99. The molecule has 0 amide bonds. The van der Waals surface area contributed by atoms with Gasteiger partial charge >= 0.3 is 0 Å².